The third-order valence-corrected chi connectivity index (χ3v) is 5.96. The number of carbonyl (C=O) groups is 1. The largest absolute Gasteiger partial charge is 0.508 e. The molecule has 0 aromatic heterocycles. The molecule has 0 saturated carbocycles. The summed E-state index contributed by atoms with van der Waals surface area (Å²) in [4.78, 5) is 21.9. The molecule has 0 aliphatic carbocycles. The number of para-hydroxylation sites is 2. The van der Waals surface area contributed by atoms with Gasteiger partial charge in [0.1, 0.15) is 11.5 Å². The molecule has 1 unspecified atom stereocenters. The number of thioether (sulfide) groups is 1. The first-order chi connectivity index (χ1) is 14.7. The van der Waals surface area contributed by atoms with E-state index in [9.17, 15) is 9.90 Å². The van der Waals surface area contributed by atoms with E-state index in [0.717, 1.165) is 28.1 Å². The first kappa shape index (κ1) is 18.4. The predicted octanol–water partition coefficient (Wildman–Crippen LogP) is 5.02. The van der Waals surface area contributed by atoms with Crippen molar-refractivity contribution in [3.05, 3.63) is 102 Å². The summed E-state index contributed by atoms with van der Waals surface area (Å²) < 4.78 is 0. The van der Waals surface area contributed by atoms with E-state index in [0.29, 0.717) is 10.9 Å². The number of nitrogens with zero attached hydrogens (tertiary/aromatic N) is 2. The third kappa shape index (κ3) is 3.42. The van der Waals surface area contributed by atoms with Crippen LogP contribution in [0.3, 0.4) is 0 Å². The van der Waals surface area contributed by atoms with Crippen molar-refractivity contribution in [3.63, 3.8) is 0 Å². The Hall–Kier alpha value is -3.64. The normalized spacial score (nSPS) is 19.1. The van der Waals surface area contributed by atoms with Crippen LogP contribution in [0.1, 0.15) is 21.9 Å². The van der Waals surface area contributed by atoms with Gasteiger partial charge < -0.3 is 10.4 Å². The number of anilines is 1. The third-order valence-electron chi connectivity index (χ3n) is 4.92. The van der Waals surface area contributed by atoms with E-state index in [1.165, 1.54) is 11.8 Å². The van der Waals surface area contributed by atoms with E-state index in [2.05, 4.69) is 10.3 Å². The average molecular weight is 411 g/mol. The van der Waals surface area contributed by atoms with Crippen LogP contribution < -0.4 is 5.32 Å². The number of hydrogen-bond acceptors (Lipinski definition) is 5. The summed E-state index contributed by atoms with van der Waals surface area (Å²) in [6.45, 7) is 0. The van der Waals surface area contributed by atoms with Crippen LogP contribution in [0, 0.1) is 0 Å². The topological polar surface area (TPSA) is 74.0 Å². The van der Waals surface area contributed by atoms with Crippen molar-refractivity contribution in [2.75, 3.05) is 5.32 Å². The molecule has 0 fully saturated rings. The van der Waals surface area contributed by atoms with E-state index in [-0.39, 0.29) is 16.9 Å². The number of aromatic hydroxyl groups is 1. The molecule has 1 amide bonds. The van der Waals surface area contributed by atoms with Gasteiger partial charge in [-0.25, -0.2) is 9.98 Å². The molecule has 146 valence electrons. The number of fused-ring (bicyclic) bond motifs is 1. The Morgan fingerprint density at radius 3 is 2.50 bits per heavy atom. The fourth-order valence-corrected chi connectivity index (χ4v) is 4.51. The van der Waals surface area contributed by atoms with Crippen molar-refractivity contribution in [3.8, 4) is 5.75 Å². The van der Waals surface area contributed by atoms with E-state index in [1.807, 2.05) is 72.8 Å². The van der Waals surface area contributed by atoms with Gasteiger partial charge in [-0.3, -0.25) is 4.79 Å². The Morgan fingerprint density at radius 2 is 1.67 bits per heavy atom. The van der Waals surface area contributed by atoms with E-state index < -0.39 is 0 Å². The SMILES string of the molecule is O=C1Nc2ccccc2C1=NC1=NC(c2ccccc2)=CC(c2ccccc2O)S1. The van der Waals surface area contributed by atoms with Crippen LogP contribution in [0.15, 0.2) is 94.9 Å². The molecule has 3 aromatic rings. The Labute approximate surface area is 177 Å². The lowest BCUT2D eigenvalue weighted by atomic mass is 10.1. The van der Waals surface area contributed by atoms with Crippen LogP contribution in [-0.2, 0) is 4.79 Å². The zero-order valence-corrected chi connectivity index (χ0v) is 16.6. The molecule has 30 heavy (non-hydrogen) atoms. The maximum atomic E-state index is 12.5. The molecule has 0 radical (unpaired) electrons. The van der Waals surface area contributed by atoms with Crippen molar-refractivity contribution in [1.29, 1.82) is 0 Å². The fraction of sp³-hybridized carbons (Fsp3) is 0.0417. The Kier molecular flexibility index (Phi) is 4.69. The lowest BCUT2D eigenvalue weighted by molar-refractivity contribution is -0.110. The first-order valence-corrected chi connectivity index (χ1v) is 10.4. The second kappa shape index (κ2) is 7.65. The number of phenolic OH excluding ortho intramolecular Hbond substituents is 1. The highest BCUT2D eigenvalue weighted by Gasteiger charge is 2.28. The summed E-state index contributed by atoms with van der Waals surface area (Å²) in [5.74, 6) is -0.0223. The van der Waals surface area contributed by atoms with Crippen LogP contribution in [0.2, 0.25) is 0 Å². The minimum Gasteiger partial charge on any atom is -0.508 e. The molecular formula is C24H17N3O2S. The minimum absolute atomic E-state index is 0.182. The quantitative estimate of drug-likeness (QED) is 0.622. The maximum absolute atomic E-state index is 12.5. The van der Waals surface area contributed by atoms with Gasteiger partial charge in [0.2, 0.25) is 0 Å². The zero-order valence-electron chi connectivity index (χ0n) is 15.8. The van der Waals surface area contributed by atoms with Gasteiger partial charge in [-0.2, -0.15) is 0 Å². The monoisotopic (exact) mass is 411 g/mol. The van der Waals surface area contributed by atoms with Crippen molar-refractivity contribution >= 4 is 39.9 Å². The molecular weight excluding hydrogens is 394 g/mol. The van der Waals surface area contributed by atoms with Gasteiger partial charge in [0.15, 0.2) is 5.17 Å². The number of carbonyl (C=O) groups excluding carboxylic acids is 1. The molecule has 2 aliphatic rings. The molecule has 0 saturated heterocycles. The van der Waals surface area contributed by atoms with Gasteiger partial charge in [-0.1, -0.05) is 78.5 Å². The molecule has 1 atom stereocenters. The molecule has 2 heterocycles. The maximum Gasteiger partial charge on any atom is 0.275 e. The van der Waals surface area contributed by atoms with Gasteiger partial charge in [0.25, 0.3) is 5.91 Å². The summed E-state index contributed by atoms with van der Waals surface area (Å²) in [6, 6.07) is 24.5. The number of aliphatic imine (C=N–C) groups is 2. The molecule has 2 aliphatic heterocycles. The first-order valence-electron chi connectivity index (χ1n) is 9.49. The van der Waals surface area contributed by atoms with E-state index in [1.54, 1.807) is 12.1 Å². The Bertz CT molecular complexity index is 1230. The second-order valence-corrected chi connectivity index (χ2v) is 7.98. The Morgan fingerprint density at radius 1 is 0.933 bits per heavy atom. The van der Waals surface area contributed by atoms with Gasteiger partial charge in [-0.05, 0) is 23.8 Å². The van der Waals surface area contributed by atoms with Crippen molar-refractivity contribution < 1.29 is 9.90 Å². The lowest BCUT2D eigenvalue weighted by Crippen LogP contribution is -2.16. The van der Waals surface area contributed by atoms with Crippen molar-refractivity contribution in [2.24, 2.45) is 9.98 Å². The van der Waals surface area contributed by atoms with Gasteiger partial charge in [-0.15, -0.1) is 0 Å². The van der Waals surface area contributed by atoms with Crippen LogP contribution in [0.25, 0.3) is 5.70 Å². The van der Waals surface area contributed by atoms with Crippen molar-refractivity contribution in [2.45, 2.75) is 5.25 Å². The lowest BCUT2D eigenvalue weighted by Gasteiger charge is -2.20. The molecule has 6 heteroatoms. The summed E-state index contributed by atoms with van der Waals surface area (Å²) >= 11 is 1.41. The molecule has 3 aromatic carbocycles. The number of benzene rings is 3. The molecule has 5 nitrogen and oxygen atoms in total. The highest BCUT2D eigenvalue weighted by atomic mass is 32.2. The number of amides is 1. The molecule has 0 bridgehead atoms. The average Bonchev–Trinajstić information content (AvgIpc) is 3.09. The van der Waals surface area contributed by atoms with Crippen LogP contribution >= 0.6 is 11.8 Å². The van der Waals surface area contributed by atoms with E-state index >= 15 is 0 Å². The van der Waals surface area contributed by atoms with Crippen LogP contribution in [-0.4, -0.2) is 21.9 Å². The standard InChI is InChI=1S/C24H17N3O2S/c28-20-13-7-5-11-17(20)21-14-19(15-8-2-1-3-9-15)26-24(30-21)27-22-16-10-4-6-12-18(16)25-23(22)29/h1-14,21,28H,(H,25,26,27,29). The molecule has 2 N–H and O–H groups in total. The van der Waals surface area contributed by atoms with Gasteiger partial charge >= 0.3 is 0 Å². The number of rotatable bonds is 2. The van der Waals surface area contributed by atoms with Crippen LogP contribution in [0.5, 0.6) is 5.75 Å². The number of phenols is 1. The summed E-state index contributed by atoms with van der Waals surface area (Å²) in [7, 11) is 0. The van der Waals surface area contributed by atoms with E-state index in [4.69, 9.17) is 4.99 Å². The minimum atomic E-state index is -0.241. The fourth-order valence-electron chi connectivity index (χ4n) is 3.47. The van der Waals surface area contributed by atoms with Gasteiger partial charge in [0.05, 0.1) is 16.6 Å². The summed E-state index contributed by atoms with van der Waals surface area (Å²) in [5, 5.41) is 13.5. The summed E-state index contributed by atoms with van der Waals surface area (Å²) in [6.07, 6.45) is 2.02. The smallest absolute Gasteiger partial charge is 0.275 e. The number of hydrogen-bond donors (Lipinski definition) is 2. The number of amidine groups is 1. The molecule has 0 spiro atoms. The molecule has 5 rings (SSSR count). The second-order valence-electron chi connectivity index (χ2n) is 6.87. The highest BCUT2D eigenvalue weighted by molar-refractivity contribution is 8.14. The zero-order chi connectivity index (χ0) is 20.5. The van der Waals surface area contributed by atoms with Gasteiger partial charge in [0, 0.05) is 11.1 Å². The highest BCUT2D eigenvalue weighted by Crippen LogP contribution is 2.42. The Balaban J connectivity index is 1.60. The number of nitrogens with one attached hydrogen (secondary N) is 1. The summed E-state index contributed by atoms with van der Waals surface area (Å²) in [5.41, 5.74) is 4.35. The van der Waals surface area contributed by atoms with Crippen LogP contribution in [0.4, 0.5) is 5.69 Å². The predicted molar refractivity (Wildman–Crippen MR) is 122 cm³/mol. The van der Waals surface area contributed by atoms with Crippen molar-refractivity contribution in [1.82, 2.24) is 0 Å².